The molecule has 0 fully saturated rings. The fourth-order valence-corrected chi connectivity index (χ4v) is 0.134. The van der Waals surface area contributed by atoms with Gasteiger partial charge < -0.3 is 4.74 Å². The van der Waals surface area contributed by atoms with Crippen LogP contribution in [0.15, 0.2) is 10.8 Å². The van der Waals surface area contributed by atoms with Crippen molar-refractivity contribution in [2.45, 2.75) is 0 Å². The van der Waals surface area contributed by atoms with E-state index in [0.29, 0.717) is 0 Å². The molecule has 0 aliphatic heterocycles. The maximum Gasteiger partial charge on any atom is 0.198 e. The lowest BCUT2D eigenvalue weighted by atomic mass is 11.1. The summed E-state index contributed by atoms with van der Waals surface area (Å²) in [5.41, 5.74) is 1.15. The first-order chi connectivity index (χ1) is 2.81. The van der Waals surface area contributed by atoms with E-state index >= 15 is 0 Å². The Hall–Kier alpha value is 0.120. The smallest absolute Gasteiger partial charge is 0.198 e. The van der Waals surface area contributed by atoms with Crippen LogP contribution in [-0.2, 0) is 4.74 Å². The maximum atomic E-state index is 5.16. The molecule has 0 rings (SSSR count). The van der Waals surface area contributed by atoms with Gasteiger partial charge in [-0.1, -0.05) is 11.6 Å². The third-order valence-corrected chi connectivity index (χ3v) is 0.854. The predicted molar refractivity (Wildman–Crippen MR) is 26.8 cm³/mol. The van der Waals surface area contributed by atoms with E-state index in [1.807, 2.05) is 0 Å². The van der Waals surface area contributed by atoms with Gasteiger partial charge in [0.1, 0.15) is 0 Å². The fourth-order valence-electron chi connectivity index (χ4n) is 0.0445. The van der Waals surface area contributed by atoms with Crippen molar-refractivity contribution in [3.63, 3.8) is 0 Å². The molecule has 36 valence electrons. The van der Waals surface area contributed by atoms with Crippen LogP contribution >= 0.6 is 23.2 Å². The van der Waals surface area contributed by atoms with E-state index in [4.69, 9.17) is 23.2 Å². The number of methoxy groups -OCH3 is 1. The van der Waals surface area contributed by atoms with Gasteiger partial charge in [-0.2, -0.15) is 0 Å². The van der Waals surface area contributed by atoms with Crippen LogP contribution in [0, 0.1) is 0 Å². The van der Waals surface area contributed by atoms with Crippen LogP contribution in [-0.4, -0.2) is 7.11 Å². The van der Waals surface area contributed by atoms with Gasteiger partial charge in [-0.25, -0.2) is 0 Å². The highest BCUT2D eigenvalue weighted by Gasteiger charge is 1.78. The van der Waals surface area contributed by atoms with E-state index in [2.05, 4.69) is 4.74 Å². The lowest BCUT2D eigenvalue weighted by molar-refractivity contribution is 0.322. The summed E-state index contributed by atoms with van der Waals surface area (Å²) in [5, 5.41) is 0.205. The summed E-state index contributed by atoms with van der Waals surface area (Å²) in [6, 6.07) is 0. The Balaban J connectivity index is 3.22. The zero-order valence-electron chi connectivity index (χ0n) is 3.24. The Morgan fingerprint density at radius 2 is 2.33 bits per heavy atom. The standard InChI is InChI=1S/C3H4Cl2O/c1-6-3(5)2-4/h2H,1H3. The quantitative estimate of drug-likeness (QED) is 0.488. The van der Waals surface area contributed by atoms with Gasteiger partial charge in [0, 0.05) is 0 Å². The lowest BCUT2D eigenvalue weighted by Crippen LogP contribution is -1.68. The summed E-state index contributed by atoms with van der Waals surface area (Å²) >= 11 is 10.2. The van der Waals surface area contributed by atoms with Crippen molar-refractivity contribution in [3.8, 4) is 0 Å². The van der Waals surface area contributed by atoms with Gasteiger partial charge in [-0.3, -0.25) is 0 Å². The summed E-state index contributed by atoms with van der Waals surface area (Å²) < 4.78 is 4.39. The summed E-state index contributed by atoms with van der Waals surface area (Å²) in [7, 11) is 1.45. The Morgan fingerprint density at radius 3 is 2.33 bits per heavy atom. The molecule has 0 N–H and O–H groups in total. The van der Waals surface area contributed by atoms with Gasteiger partial charge in [0.05, 0.1) is 12.6 Å². The largest absolute Gasteiger partial charge is 0.486 e. The van der Waals surface area contributed by atoms with E-state index in [9.17, 15) is 0 Å². The number of halogens is 2. The molecule has 0 saturated heterocycles. The van der Waals surface area contributed by atoms with Crippen LogP contribution in [0.2, 0.25) is 0 Å². The van der Waals surface area contributed by atoms with E-state index in [-0.39, 0.29) is 5.22 Å². The number of hydrogen-bond acceptors (Lipinski definition) is 1. The highest BCUT2D eigenvalue weighted by Crippen LogP contribution is 2.00. The van der Waals surface area contributed by atoms with Crippen molar-refractivity contribution in [2.75, 3.05) is 7.11 Å². The van der Waals surface area contributed by atoms with E-state index in [0.717, 1.165) is 5.54 Å². The SMILES string of the molecule is COC(Cl)=CCl. The third-order valence-electron chi connectivity index (χ3n) is 0.281. The summed E-state index contributed by atoms with van der Waals surface area (Å²) in [6.45, 7) is 0. The molecule has 0 aliphatic carbocycles. The molecule has 0 radical (unpaired) electrons. The zero-order chi connectivity index (χ0) is 4.99. The topological polar surface area (TPSA) is 9.23 Å². The average molecular weight is 127 g/mol. The van der Waals surface area contributed by atoms with Gasteiger partial charge >= 0.3 is 0 Å². The second-order valence-electron chi connectivity index (χ2n) is 0.617. The van der Waals surface area contributed by atoms with Gasteiger partial charge in [0.25, 0.3) is 0 Å². The molecule has 0 unspecified atom stereocenters. The maximum absolute atomic E-state index is 5.16. The van der Waals surface area contributed by atoms with Crippen LogP contribution in [0.3, 0.4) is 0 Å². The molecule has 0 amide bonds. The van der Waals surface area contributed by atoms with E-state index < -0.39 is 0 Å². The number of rotatable bonds is 1. The fraction of sp³-hybridized carbons (Fsp3) is 0.333. The first kappa shape index (κ1) is 6.12. The minimum atomic E-state index is 0.205. The van der Waals surface area contributed by atoms with Crippen LogP contribution < -0.4 is 0 Å². The molecule has 0 saturated carbocycles. The molecule has 0 bridgehead atoms. The van der Waals surface area contributed by atoms with Crippen molar-refractivity contribution < 1.29 is 4.74 Å². The van der Waals surface area contributed by atoms with Crippen molar-refractivity contribution in [1.82, 2.24) is 0 Å². The van der Waals surface area contributed by atoms with Crippen molar-refractivity contribution >= 4 is 23.2 Å². The molecular formula is C3H4Cl2O. The minimum absolute atomic E-state index is 0.205. The summed E-state index contributed by atoms with van der Waals surface area (Å²) in [4.78, 5) is 0. The number of hydrogen-bond donors (Lipinski definition) is 0. The highest BCUT2D eigenvalue weighted by atomic mass is 35.5. The zero-order valence-corrected chi connectivity index (χ0v) is 4.75. The normalized spacial score (nSPS) is 11.5. The molecule has 0 aromatic rings. The average Bonchev–Trinajstić information content (AvgIpc) is 1.65. The lowest BCUT2D eigenvalue weighted by Gasteiger charge is -1.87. The minimum Gasteiger partial charge on any atom is -0.486 e. The molecular weight excluding hydrogens is 123 g/mol. The van der Waals surface area contributed by atoms with Gasteiger partial charge in [0.15, 0.2) is 5.22 Å². The van der Waals surface area contributed by atoms with Crippen molar-refractivity contribution in [2.24, 2.45) is 0 Å². The second-order valence-corrected chi connectivity index (χ2v) is 1.21. The monoisotopic (exact) mass is 126 g/mol. The molecule has 0 aromatic heterocycles. The van der Waals surface area contributed by atoms with Crippen molar-refractivity contribution in [3.05, 3.63) is 10.8 Å². The Bertz CT molecular complexity index is 59.8. The number of ether oxygens (including phenoxy) is 1. The van der Waals surface area contributed by atoms with Gasteiger partial charge in [-0.05, 0) is 11.6 Å². The second kappa shape index (κ2) is 3.32. The first-order valence-electron chi connectivity index (χ1n) is 1.31. The Kier molecular flexibility index (Phi) is 3.38. The molecule has 3 heteroatoms. The molecule has 0 aliphatic rings. The summed E-state index contributed by atoms with van der Waals surface area (Å²) in [5.74, 6) is 0. The highest BCUT2D eigenvalue weighted by molar-refractivity contribution is 6.35. The van der Waals surface area contributed by atoms with Crippen molar-refractivity contribution in [1.29, 1.82) is 0 Å². The predicted octanol–water partition coefficient (Wildman–Crippen LogP) is 1.91. The molecule has 6 heavy (non-hydrogen) atoms. The molecule has 0 heterocycles. The molecule has 0 atom stereocenters. The van der Waals surface area contributed by atoms with Crippen LogP contribution in [0.1, 0.15) is 0 Å². The Morgan fingerprint density at radius 1 is 1.83 bits per heavy atom. The van der Waals surface area contributed by atoms with E-state index in [1.54, 1.807) is 0 Å². The van der Waals surface area contributed by atoms with Crippen LogP contribution in [0.4, 0.5) is 0 Å². The van der Waals surface area contributed by atoms with E-state index in [1.165, 1.54) is 7.11 Å². The molecule has 0 aromatic carbocycles. The van der Waals surface area contributed by atoms with Gasteiger partial charge in [-0.15, -0.1) is 0 Å². The van der Waals surface area contributed by atoms with Crippen LogP contribution in [0.5, 0.6) is 0 Å². The van der Waals surface area contributed by atoms with Gasteiger partial charge in [0.2, 0.25) is 0 Å². The first-order valence-corrected chi connectivity index (χ1v) is 2.12. The van der Waals surface area contributed by atoms with Crippen LogP contribution in [0.25, 0.3) is 0 Å². The molecule has 0 spiro atoms. The third kappa shape index (κ3) is 2.36. The summed E-state index contributed by atoms with van der Waals surface area (Å²) in [6.07, 6.45) is 0. The molecule has 1 nitrogen and oxygen atoms in total. The Labute approximate surface area is 46.5 Å².